The lowest BCUT2D eigenvalue weighted by molar-refractivity contribution is -0.140. The molecule has 4 nitrogen and oxygen atoms in total. The van der Waals surface area contributed by atoms with Crippen LogP contribution in [-0.4, -0.2) is 29.1 Å². The summed E-state index contributed by atoms with van der Waals surface area (Å²) in [6.07, 6.45) is 2.56. The molecule has 0 aromatic carbocycles. The van der Waals surface area contributed by atoms with Crippen LogP contribution >= 0.6 is 0 Å². The van der Waals surface area contributed by atoms with Gasteiger partial charge in [-0.1, -0.05) is 6.07 Å². The van der Waals surface area contributed by atoms with Gasteiger partial charge in [-0.2, -0.15) is 0 Å². The van der Waals surface area contributed by atoms with Crippen LogP contribution < -0.4 is 5.32 Å². The number of pyridine rings is 1. The van der Waals surface area contributed by atoms with Crippen molar-refractivity contribution in [1.29, 1.82) is 0 Å². The minimum absolute atomic E-state index is 0.164. The Morgan fingerprint density at radius 2 is 2.47 bits per heavy atom. The first-order chi connectivity index (χ1) is 7.29. The fraction of sp³-hybridized carbons (Fsp3) is 0.455. The number of aromatic nitrogens is 1. The number of aliphatic carboxylic acids is 1. The maximum Gasteiger partial charge on any atom is 0.312 e. The smallest absolute Gasteiger partial charge is 0.312 e. The molecule has 1 aromatic rings. The number of carboxylic acid groups (broad SMARTS) is 1. The van der Waals surface area contributed by atoms with Crippen molar-refractivity contribution in [2.75, 3.05) is 13.1 Å². The summed E-state index contributed by atoms with van der Waals surface area (Å²) < 4.78 is 0. The van der Waals surface area contributed by atoms with Gasteiger partial charge in [0.25, 0.3) is 0 Å². The molecule has 0 saturated carbocycles. The van der Waals surface area contributed by atoms with E-state index >= 15 is 0 Å². The molecular weight excluding hydrogens is 192 g/mol. The molecule has 2 rings (SSSR count). The summed E-state index contributed by atoms with van der Waals surface area (Å²) in [6.45, 7) is 1.68. The summed E-state index contributed by atoms with van der Waals surface area (Å²) in [6, 6.07) is 5.42. The van der Waals surface area contributed by atoms with Gasteiger partial charge in [0.1, 0.15) is 5.92 Å². The fourth-order valence-corrected chi connectivity index (χ4v) is 2.09. The lowest BCUT2D eigenvalue weighted by Gasteiger charge is -2.17. The van der Waals surface area contributed by atoms with E-state index in [0.717, 1.165) is 19.5 Å². The Morgan fingerprint density at radius 1 is 1.60 bits per heavy atom. The maximum absolute atomic E-state index is 11.2. The van der Waals surface area contributed by atoms with Crippen LogP contribution in [0.1, 0.15) is 18.0 Å². The molecule has 1 fully saturated rings. The van der Waals surface area contributed by atoms with Crippen LogP contribution in [0.25, 0.3) is 0 Å². The Morgan fingerprint density at radius 3 is 3.00 bits per heavy atom. The zero-order valence-electron chi connectivity index (χ0n) is 8.39. The van der Waals surface area contributed by atoms with E-state index in [1.807, 2.05) is 6.07 Å². The minimum Gasteiger partial charge on any atom is -0.481 e. The predicted molar refractivity (Wildman–Crippen MR) is 55.6 cm³/mol. The summed E-state index contributed by atoms with van der Waals surface area (Å²) in [5, 5.41) is 12.4. The third-order valence-electron chi connectivity index (χ3n) is 2.84. The Kier molecular flexibility index (Phi) is 2.97. The number of hydrogen-bond acceptors (Lipinski definition) is 3. The average Bonchev–Trinajstić information content (AvgIpc) is 2.72. The van der Waals surface area contributed by atoms with Gasteiger partial charge in [0, 0.05) is 6.20 Å². The van der Waals surface area contributed by atoms with Crippen molar-refractivity contribution < 1.29 is 9.90 Å². The van der Waals surface area contributed by atoms with Crippen LogP contribution in [0.5, 0.6) is 0 Å². The molecule has 2 atom stereocenters. The van der Waals surface area contributed by atoms with Crippen LogP contribution in [0.3, 0.4) is 0 Å². The molecule has 0 spiro atoms. The third-order valence-corrected chi connectivity index (χ3v) is 2.84. The molecule has 1 aromatic heterocycles. The highest BCUT2D eigenvalue weighted by Crippen LogP contribution is 2.27. The van der Waals surface area contributed by atoms with Gasteiger partial charge in [-0.3, -0.25) is 9.78 Å². The molecule has 80 valence electrons. The molecule has 15 heavy (non-hydrogen) atoms. The molecule has 2 N–H and O–H groups in total. The van der Waals surface area contributed by atoms with E-state index in [0.29, 0.717) is 5.69 Å². The van der Waals surface area contributed by atoms with Gasteiger partial charge in [0.05, 0.1) is 5.69 Å². The molecule has 2 heterocycles. The summed E-state index contributed by atoms with van der Waals surface area (Å²) in [7, 11) is 0. The van der Waals surface area contributed by atoms with Gasteiger partial charge in [-0.25, -0.2) is 0 Å². The largest absolute Gasteiger partial charge is 0.481 e. The Hall–Kier alpha value is -1.42. The van der Waals surface area contributed by atoms with Crippen molar-refractivity contribution in [3.05, 3.63) is 30.1 Å². The van der Waals surface area contributed by atoms with Gasteiger partial charge in [0.15, 0.2) is 0 Å². The summed E-state index contributed by atoms with van der Waals surface area (Å²) >= 11 is 0. The minimum atomic E-state index is -0.776. The lowest BCUT2D eigenvalue weighted by Crippen LogP contribution is -2.24. The molecule has 1 aliphatic rings. The predicted octanol–water partition coefficient (Wildman–Crippen LogP) is 0.859. The van der Waals surface area contributed by atoms with E-state index in [4.69, 9.17) is 0 Å². The first-order valence-corrected chi connectivity index (χ1v) is 5.13. The van der Waals surface area contributed by atoms with Gasteiger partial charge < -0.3 is 10.4 Å². The van der Waals surface area contributed by atoms with Crippen LogP contribution in [0, 0.1) is 5.92 Å². The number of nitrogens with zero attached hydrogens (tertiary/aromatic N) is 1. The van der Waals surface area contributed by atoms with Crippen molar-refractivity contribution >= 4 is 5.97 Å². The zero-order chi connectivity index (χ0) is 10.7. The van der Waals surface area contributed by atoms with E-state index in [1.54, 1.807) is 18.3 Å². The highest BCUT2D eigenvalue weighted by Gasteiger charge is 2.32. The van der Waals surface area contributed by atoms with E-state index in [2.05, 4.69) is 10.3 Å². The second-order valence-corrected chi connectivity index (χ2v) is 3.82. The first kappa shape index (κ1) is 10.1. The molecule has 0 amide bonds. The molecule has 1 aliphatic heterocycles. The Labute approximate surface area is 88.3 Å². The third kappa shape index (κ3) is 2.15. The van der Waals surface area contributed by atoms with Gasteiger partial charge in [0.2, 0.25) is 0 Å². The van der Waals surface area contributed by atoms with Crippen molar-refractivity contribution in [2.45, 2.75) is 12.3 Å². The standard InChI is InChI=1S/C11H14N2O2/c14-11(15)10(8-4-6-12-7-8)9-3-1-2-5-13-9/h1-3,5,8,10,12H,4,6-7H2,(H,14,15). The normalized spacial score (nSPS) is 22.5. The highest BCUT2D eigenvalue weighted by molar-refractivity contribution is 5.75. The summed E-state index contributed by atoms with van der Waals surface area (Å²) in [5.41, 5.74) is 0.665. The Bertz CT molecular complexity index is 334. The number of carboxylic acids is 1. The number of nitrogens with one attached hydrogen (secondary N) is 1. The zero-order valence-corrected chi connectivity index (χ0v) is 8.39. The summed E-state index contributed by atoms with van der Waals surface area (Å²) in [4.78, 5) is 15.4. The molecule has 4 heteroatoms. The first-order valence-electron chi connectivity index (χ1n) is 5.13. The molecule has 0 bridgehead atoms. The topological polar surface area (TPSA) is 62.2 Å². The number of rotatable bonds is 3. The van der Waals surface area contributed by atoms with Crippen molar-refractivity contribution in [3.63, 3.8) is 0 Å². The second kappa shape index (κ2) is 4.40. The van der Waals surface area contributed by atoms with E-state index < -0.39 is 11.9 Å². The van der Waals surface area contributed by atoms with E-state index in [-0.39, 0.29) is 5.92 Å². The monoisotopic (exact) mass is 206 g/mol. The number of hydrogen-bond donors (Lipinski definition) is 2. The molecule has 2 unspecified atom stereocenters. The maximum atomic E-state index is 11.2. The molecular formula is C11H14N2O2. The van der Waals surface area contributed by atoms with E-state index in [1.165, 1.54) is 0 Å². The molecule has 0 radical (unpaired) electrons. The number of carbonyl (C=O) groups is 1. The SMILES string of the molecule is O=C(O)C(c1ccccn1)C1CCNC1. The van der Waals surface area contributed by atoms with Crippen LogP contribution in [0.2, 0.25) is 0 Å². The fourth-order valence-electron chi connectivity index (χ4n) is 2.09. The quantitative estimate of drug-likeness (QED) is 0.770. The van der Waals surface area contributed by atoms with Crippen molar-refractivity contribution in [1.82, 2.24) is 10.3 Å². The van der Waals surface area contributed by atoms with Crippen LogP contribution in [0.4, 0.5) is 0 Å². The van der Waals surface area contributed by atoms with Gasteiger partial charge >= 0.3 is 5.97 Å². The molecule has 0 aliphatic carbocycles. The van der Waals surface area contributed by atoms with Crippen LogP contribution in [-0.2, 0) is 4.79 Å². The van der Waals surface area contributed by atoms with E-state index in [9.17, 15) is 9.90 Å². The lowest BCUT2D eigenvalue weighted by atomic mass is 9.88. The second-order valence-electron chi connectivity index (χ2n) is 3.82. The van der Waals surface area contributed by atoms with Crippen LogP contribution in [0.15, 0.2) is 24.4 Å². The molecule has 1 saturated heterocycles. The van der Waals surface area contributed by atoms with Crippen molar-refractivity contribution in [3.8, 4) is 0 Å². The summed E-state index contributed by atoms with van der Waals surface area (Å²) in [5.74, 6) is -1.08. The highest BCUT2D eigenvalue weighted by atomic mass is 16.4. The average molecular weight is 206 g/mol. The Balaban J connectivity index is 2.23. The van der Waals surface area contributed by atoms with Gasteiger partial charge in [-0.05, 0) is 37.6 Å². The van der Waals surface area contributed by atoms with Crippen molar-refractivity contribution in [2.24, 2.45) is 5.92 Å². The van der Waals surface area contributed by atoms with Gasteiger partial charge in [-0.15, -0.1) is 0 Å².